The zero-order valence-corrected chi connectivity index (χ0v) is 19.6. The minimum atomic E-state index is -0.526. The maximum Gasteiger partial charge on any atom is 0.251 e. The normalized spacial score (nSPS) is 16.1. The van der Waals surface area contributed by atoms with Crippen LogP contribution in [0.3, 0.4) is 0 Å². The number of halogens is 1. The number of nitrogens with zero attached hydrogens (tertiary/aromatic N) is 4. The Hall–Kier alpha value is -3.24. The number of pyridine rings is 3. The molecule has 0 aliphatic carbocycles. The molecule has 3 aliphatic heterocycles. The van der Waals surface area contributed by atoms with Gasteiger partial charge < -0.3 is 29.0 Å². The molecule has 3 aromatic rings. The maximum absolute atomic E-state index is 13.4. The van der Waals surface area contributed by atoms with E-state index in [1.54, 1.807) is 12.3 Å². The highest BCUT2D eigenvalue weighted by molar-refractivity contribution is 5.81. The van der Waals surface area contributed by atoms with Crippen molar-refractivity contribution >= 4 is 11.0 Å². The van der Waals surface area contributed by atoms with Crippen LogP contribution in [0, 0.1) is 5.82 Å². The van der Waals surface area contributed by atoms with E-state index >= 15 is 0 Å². The van der Waals surface area contributed by atoms with Crippen LogP contribution in [-0.4, -0.2) is 66.4 Å². The van der Waals surface area contributed by atoms with E-state index < -0.39 is 5.82 Å². The molecule has 34 heavy (non-hydrogen) atoms. The quantitative estimate of drug-likeness (QED) is 0.609. The van der Waals surface area contributed by atoms with Gasteiger partial charge in [0.05, 0.1) is 30.1 Å². The molecule has 0 spiro atoms. The van der Waals surface area contributed by atoms with E-state index in [9.17, 15) is 9.18 Å². The van der Waals surface area contributed by atoms with Crippen molar-refractivity contribution in [2.45, 2.75) is 25.9 Å². The van der Waals surface area contributed by atoms with E-state index in [-0.39, 0.29) is 11.3 Å². The van der Waals surface area contributed by atoms with E-state index in [4.69, 9.17) is 14.2 Å². The van der Waals surface area contributed by atoms with Crippen molar-refractivity contribution in [3.63, 3.8) is 0 Å². The van der Waals surface area contributed by atoms with Gasteiger partial charge in [-0.15, -0.1) is 0 Å². The van der Waals surface area contributed by atoms with Crippen molar-refractivity contribution in [2.24, 2.45) is 0 Å². The van der Waals surface area contributed by atoms with E-state index in [0.717, 1.165) is 29.9 Å². The molecular weight excluding hydrogens is 441 g/mol. The molecule has 0 aromatic carbocycles. The first-order valence-electron chi connectivity index (χ1n) is 11.5. The molecule has 0 unspecified atom stereocenters. The summed E-state index contributed by atoms with van der Waals surface area (Å²) < 4.78 is 30.8. The van der Waals surface area contributed by atoms with Gasteiger partial charge in [0.25, 0.3) is 5.56 Å². The van der Waals surface area contributed by atoms with E-state index in [0.29, 0.717) is 37.4 Å². The number of ether oxygens (including phenoxy) is 3. The minimum Gasteiger partial charge on any atom is -0.486 e. The lowest BCUT2D eigenvalue weighted by Crippen LogP contribution is -2.27. The predicted molar refractivity (Wildman–Crippen MR) is 126 cm³/mol. The summed E-state index contributed by atoms with van der Waals surface area (Å²) in [5, 5.41) is 3.03. The van der Waals surface area contributed by atoms with Gasteiger partial charge in [0, 0.05) is 18.7 Å². The van der Waals surface area contributed by atoms with Crippen LogP contribution in [0.1, 0.15) is 18.5 Å². The second-order valence-electron chi connectivity index (χ2n) is 8.20. The number of hydrogen-bond donors (Lipinski definition) is 1. The molecule has 1 saturated heterocycles. The average molecular weight is 472 g/mol. The Labute approximate surface area is 197 Å². The van der Waals surface area contributed by atoms with Gasteiger partial charge in [-0.2, -0.15) is 0 Å². The van der Waals surface area contributed by atoms with Crippen molar-refractivity contribution in [2.75, 3.05) is 47.0 Å². The van der Waals surface area contributed by atoms with Crippen LogP contribution in [0.15, 0.2) is 35.4 Å². The average Bonchev–Trinajstić information content (AvgIpc) is 3.35. The van der Waals surface area contributed by atoms with Crippen LogP contribution < -0.4 is 25.1 Å². The molecule has 3 aromatic heterocycles. The zero-order chi connectivity index (χ0) is 23.9. The molecule has 6 heterocycles. The molecule has 10 heteroatoms. The lowest BCUT2D eigenvalue weighted by molar-refractivity contribution is 0.170. The zero-order valence-electron chi connectivity index (χ0n) is 19.6. The summed E-state index contributed by atoms with van der Waals surface area (Å²) in [5.74, 6) is 1.14. The summed E-state index contributed by atoms with van der Waals surface area (Å²) in [6.07, 6.45) is 5.64. The van der Waals surface area contributed by atoms with Crippen LogP contribution in [0.5, 0.6) is 17.2 Å². The molecule has 9 nitrogen and oxygen atoms in total. The fourth-order valence-corrected chi connectivity index (χ4v) is 3.95. The van der Waals surface area contributed by atoms with E-state index in [1.807, 2.05) is 13.1 Å². The molecule has 182 valence electrons. The first-order valence-corrected chi connectivity index (χ1v) is 11.5. The molecule has 0 atom stereocenters. The molecule has 1 N–H and O–H groups in total. The van der Waals surface area contributed by atoms with E-state index in [1.165, 1.54) is 36.6 Å². The summed E-state index contributed by atoms with van der Waals surface area (Å²) >= 11 is 0. The van der Waals surface area contributed by atoms with Gasteiger partial charge in [-0.1, -0.05) is 0 Å². The number of nitrogens with one attached hydrogen (secondary N) is 1. The van der Waals surface area contributed by atoms with Gasteiger partial charge >= 0.3 is 0 Å². The van der Waals surface area contributed by atoms with Gasteiger partial charge in [-0.05, 0) is 46.1 Å². The topological polar surface area (TPSA) is 90.7 Å². The third-order valence-corrected chi connectivity index (χ3v) is 5.65. The van der Waals surface area contributed by atoms with Crippen molar-refractivity contribution in [3.8, 4) is 17.2 Å². The number of likely N-dealkylation sites (tertiary alicyclic amines) is 1. The summed E-state index contributed by atoms with van der Waals surface area (Å²) in [6.45, 7) is 5.37. The monoisotopic (exact) mass is 471 g/mol. The molecule has 0 saturated carbocycles. The highest BCUT2D eigenvalue weighted by Gasteiger charge is 2.18. The van der Waals surface area contributed by atoms with Crippen LogP contribution in [-0.2, 0) is 13.1 Å². The largest absolute Gasteiger partial charge is 0.486 e. The van der Waals surface area contributed by atoms with Crippen molar-refractivity contribution in [1.29, 1.82) is 0 Å². The highest BCUT2D eigenvalue weighted by atomic mass is 19.1. The summed E-state index contributed by atoms with van der Waals surface area (Å²) in [6, 6.07) is 4.92. The number of fused-ring (bicyclic) bond motifs is 1. The molecule has 3 aliphatic rings. The first-order chi connectivity index (χ1) is 16.6. The molecule has 6 rings (SSSR count). The SMILES string of the molecule is CN1CCCC1.CNCc1cc2c(cn1)OCCO2.O=c1ccc2ncc(F)c3c2n1CCO3. The molecular formula is C24H30FN5O4. The fourth-order valence-electron chi connectivity index (χ4n) is 3.95. The fraction of sp³-hybridized carbons (Fsp3) is 0.458. The maximum atomic E-state index is 13.4. The third kappa shape index (κ3) is 5.63. The smallest absolute Gasteiger partial charge is 0.251 e. The summed E-state index contributed by atoms with van der Waals surface area (Å²) in [4.78, 5) is 22.0. The van der Waals surface area contributed by atoms with Crippen LogP contribution in [0.2, 0.25) is 0 Å². The van der Waals surface area contributed by atoms with Gasteiger partial charge in [0.1, 0.15) is 25.3 Å². The Bertz CT molecular complexity index is 1180. The van der Waals surface area contributed by atoms with Crippen LogP contribution >= 0.6 is 0 Å². The highest BCUT2D eigenvalue weighted by Crippen LogP contribution is 2.29. The van der Waals surface area contributed by atoms with Crippen molar-refractivity contribution < 1.29 is 18.6 Å². The Balaban J connectivity index is 0.000000131. The Kier molecular flexibility index (Phi) is 7.91. The third-order valence-electron chi connectivity index (χ3n) is 5.65. The van der Waals surface area contributed by atoms with Crippen molar-refractivity contribution in [3.05, 3.63) is 52.5 Å². The van der Waals surface area contributed by atoms with Gasteiger partial charge in [-0.3, -0.25) is 14.8 Å². The summed E-state index contributed by atoms with van der Waals surface area (Å²) in [5.41, 5.74) is 1.84. The van der Waals surface area contributed by atoms with Gasteiger partial charge in [0.2, 0.25) is 0 Å². The Morgan fingerprint density at radius 3 is 2.47 bits per heavy atom. The molecule has 0 bridgehead atoms. The van der Waals surface area contributed by atoms with E-state index in [2.05, 4.69) is 27.2 Å². The predicted octanol–water partition coefficient (Wildman–Crippen LogP) is 2.21. The molecule has 1 fully saturated rings. The summed E-state index contributed by atoms with van der Waals surface area (Å²) in [7, 11) is 4.06. The molecule has 0 amide bonds. The standard InChI is InChI=1S/C10H7FN2O2.C9H12N2O2.C5H11N/c11-6-5-12-7-1-2-8(14)13-3-4-15-10(6)9(7)13;1-10-5-7-4-8-9(6-11-7)13-3-2-12-8;1-6-4-2-3-5-6/h1-2,5H,3-4H2;4,6,10H,2-3,5H2,1H3;2-5H2,1H3. The van der Waals surface area contributed by atoms with Crippen LogP contribution in [0.25, 0.3) is 11.0 Å². The number of rotatable bonds is 2. The van der Waals surface area contributed by atoms with Crippen molar-refractivity contribution in [1.82, 2.24) is 24.8 Å². The lowest BCUT2D eigenvalue weighted by Gasteiger charge is -2.19. The molecule has 0 radical (unpaired) electrons. The lowest BCUT2D eigenvalue weighted by atomic mass is 10.2. The second-order valence-corrected chi connectivity index (χ2v) is 8.20. The Morgan fingerprint density at radius 2 is 1.76 bits per heavy atom. The number of hydrogen-bond acceptors (Lipinski definition) is 8. The number of aromatic nitrogens is 3. The van der Waals surface area contributed by atoms with Gasteiger partial charge in [-0.25, -0.2) is 4.39 Å². The van der Waals surface area contributed by atoms with Gasteiger partial charge in [0.15, 0.2) is 23.1 Å². The minimum absolute atomic E-state index is 0.129. The second kappa shape index (κ2) is 11.3. The van der Waals surface area contributed by atoms with Crippen LogP contribution in [0.4, 0.5) is 4.39 Å². The Morgan fingerprint density at radius 1 is 1.00 bits per heavy atom. The first kappa shape index (κ1) is 23.9.